The summed E-state index contributed by atoms with van der Waals surface area (Å²) in [4.78, 5) is 3.82. The normalized spacial score (nSPS) is 17.4. The van der Waals surface area contributed by atoms with Crippen LogP contribution in [0.15, 0.2) is 23.4 Å². The van der Waals surface area contributed by atoms with Gasteiger partial charge in [-0.15, -0.1) is 0 Å². The van der Waals surface area contributed by atoms with Crippen LogP contribution in [0.5, 0.6) is 0 Å². The van der Waals surface area contributed by atoms with Crippen molar-refractivity contribution in [2.24, 2.45) is 5.41 Å². The first-order valence-electron chi connectivity index (χ1n) is 6.07. The molecular weight excluding hydrogens is 288 g/mol. The Morgan fingerprint density at radius 1 is 1.53 bits per heavy atom. The van der Waals surface area contributed by atoms with E-state index in [4.69, 9.17) is 16.3 Å². The van der Waals surface area contributed by atoms with Crippen LogP contribution in [0.25, 0.3) is 0 Å². The van der Waals surface area contributed by atoms with Crippen LogP contribution in [0, 0.1) is 5.41 Å². The summed E-state index contributed by atoms with van der Waals surface area (Å²) in [6.07, 6.45) is 5.65. The van der Waals surface area contributed by atoms with E-state index in [1.807, 2.05) is 0 Å². The lowest BCUT2D eigenvalue weighted by Crippen LogP contribution is -2.31. The molecule has 7 heteroatoms. The van der Waals surface area contributed by atoms with Gasteiger partial charge in [-0.2, -0.15) is 0 Å². The topological polar surface area (TPSA) is 68.3 Å². The van der Waals surface area contributed by atoms with Crippen LogP contribution in [-0.2, 0) is 14.8 Å². The number of nitrogens with one attached hydrogen (secondary N) is 1. The first-order chi connectivity index (χ1) is 8.99. The number of pyridine rings is 1. The Morgan fingerprint density at radius 3 is 2.84 bits per heavy atom. The molecule has 0 aromatic carbocycles. The van der Waals surface area contributed by atoms with Crippen LogP contribution in [0.3, 0.4) is 0 Å². The highest BCUT2D eigenvalue weighted by Gasteiger charge is 2.42. The third-order valence-electron chi connectivity index (χ3n) is 3.45. The average Bonchev–Trinajstić information content (AvgIpc) is 3.15. The quantitative estimate of drug-likeness (QED) is 0.834. The Kier molecular flexibility index (Phi) is 4.45. The van der Waals surface area contributed by atoms with Gasteiger partial charge < -0.3 is 4.74 Å². The summed E-state index contributed by atoms with van der Waals surface area (Å²) in [5, 5.41) is 0.184. The van der Waals surface area contributed by atoms with Crippen molar-refractivity contribution < 1.29 is 13.2 Å². The second-order valence-corrected chi connectivity index (χ2v) is 7.02. The van der Waals surface area contributed by atoms with Gasteiger partial charge in [-0.25, -0.2) is 13.1 Å². The van der Waals surface area contributed by atoms with E-state index in [9.17, 15) is 8.42 Å². The van der Waals surface area contributed by atoms with Crippen molar-refractivity contribution in [2.75, 3.05) is 20.3 Å². The van der Waals surface area contributed by atoms with E-state index in [0.717, 1.165) is 19.3 Å². The van der Waals surface area contributed by atoms with Gasteiger partial charge in [-0.1, -0.05) is 11.6 Å². The fourth-order valence-electron chi connectivity index (χ4n) is 1.90. The van der Waals surface area contributed by atoms with E-state index in [2.05, 4.69) is 9.71 Å². The Hall–Kier alpha value is -0.690. The van der Waals surface area contributed by atoms with Gasteiger partial charge in [0.25, 0.3) is 0 Å². The van der Waals surface area contributed by atoms with E-state index in [0.29, 0.717) is 13.2 Å². The molecule has 1 N–H and O–H groups in total. The first-order valence-corrected chi connectivity index (χ1v) is 7.93. The van der Waals surface area contributed by atoms with Crippen LogP contribution in [-0.4, -0.2) is 33.7 Å². The molecule has 0 amide bonds. The second-order valence-electron chi connectivity index (χ2n) is 4.87. The van der Waals surface area contributed by atoms with Crippen LogP contribution >= 0.6 is 11.6 Å². The molecule has 0 atom stereocenters. The van der Waals surface area contributed by atoms with Gasteiger partial charge in [0.05, 0.1) is 5.02 Å². The fraction of sp³-hybridized carbons (Fsp3) is 0.583. The lowest BCUT2D eigenvalue weighted by atomic mass is 10.0. The number of hydrogen-bond acceptors (Lipinski definition) is 4. The number of nitrogens with zero attached hydrogens (tertiary/aromatic N) is 1. The van der Waals surface area contributed by atoms with Crippen molar-refractivity contribution in [2.45, 2.75) is 24.2 Å². The molecule has 0 bridgehead atoms. The van der Waals surface area contributed by atoms with Crippen LogP contribution in [0.1, 0.15) is 19.3 Å². The maximum absolute atomic E-state index is 12.1. The number of hydrogen-bond donors (Lipinski definition) is 1. The maximum Gasteiger partial charge on any atom is 0.243 e. The summed E-state index contributed by atoms with van der Waals surface area (Å²) in [7, 11) is -1.95. The molecule has 0 unspecified atom stereocenters. The monoisotopic (exact) mass is 304 g/mol. The summed E-state index contributed by atoms with van der Waals surface area (Å²) in [5.74, 6) is 0. The maximum atomic E-state index is 12.1. The van der Waals surface area contributed by atoms with E-state index >= 15 is 0 Å². The molecule has 0 radical (unpaired) electrons. The largest absolute Gasteiger partial charge is 0.385 e. The first kappa shape index (κ1) is 14.7. The predicted molar refractivity (Wildman–Crippen MR) is 72.6 cm³/mol. The standard InChI is InChI=1S/C12H17ClN2O3S/c1-18-7-5-12(3-4-12)9-15-19(16,17)11-8-14-6-2-10(11)13/h2,6,8,15H,3-5,7,9H2,1H3. The zero-order valence-corrected chi connectivity index (χ0v) is 12.3. The number of aromatic nitrogens is 1. The molecule has 2 rings (SSSR count). The van der Waals surface area contributed by atoms with Crippen LogP contribution in [0.2, 0.25) is 5.02 Å². The van der Waals surface area contributed by atoms with E-state index in [-0.39, 0.29) is 15.3 Å². The minimum absolute atomic E-state index is 0.0270. The third kappa shape index (κ3) is 3.66. The molecule has 106 valence electrons. The highest BCUT2D eigenvalue weighted by molar-refractivity contribution is 7.89. The molecule has 1 aliphatic rings. The van der Waals surface area contributed by atoms with Crippen LogP contribution in [0.4, 0.5) is 0 Å². The zero-order valence-electron chi connectivity index (χ0n) is 10.7. The van der Waals surface area contributed by atoms with Gasteiger partial charge in [-0.05, 0) is 30.7 Å². The smallest absolute Gasteiger partial charge is 0.243 e. The molecule has 1 aromatic rings. The lowest BCUT2D eigenvalue weighted by molar-refractivity contribution is 0.173. The van der Waals surface area contributed by atoms with Crippen LogP contribution < -0.4 is 4.72 Å². The van der Waals surface area contributed by atoms with Crippen molar-refractivity contribution in [1.29, 1.82) is 0 Å². The van der Waals surface area contributed by atoms with Gasteiger partial charge in [-0.3, -0.25) is 4.98 Å². The van der Waals surface area contributed by atoms with E-state index < -0.39 is 10.0 Å². The van der Waals surface area contributed by atoms with Gasteiger partial charge in [0.15, 0.2) is 0 Å². The molecular formula is C12H17ClN2O3S. The minimum atomic E-state index is -3.59. The Labute approximate surface area is 118 Å². The number of sulfonamides is 1. The van der Waals surface area contributed by atoms with Gasteiger partial charge in [0.2, 0.25) is 10.0 Å². The summed E-state index contributed by atoms with van der Waals surface area (Å²) in [5.41, 5.74) is 0.0533. The molecule has 0 spiro atoms. The lowest BCUT2D eigenvalue weighted by Gasteiger charge is -2.15. The summed E-state index contributed by atoms with van der Waals surface area (Å²) < 4.78 is 31.9. The second kappa shape index (κ2) is 5.75. The van der Waals surface area contributed by atoms with E-state index in [1.165, 1.54) is 18.5 Å². The Morgan fingerprint density at radius 2 is 2.26 bits per heavy atom. The molecule has 1 fully saturated rings. The number of rotatable bonds is 7. The van der Waals surface area contributed by atoms with Gasteiger partial charge >= 0.3 is 0 Å². The van der Waals surface area contributed by atoms with Crippen molar-refractivity contribution in [3.63, 3.8) is 0 Å². The van der Waals surface area contributed by atoms with Crippen molar-refractivity contribution in [3.05, 3.63) is 23.5 Å². The molecule has 1 aliphatic carbocycles. The number of methoxy groups -OCH3 is 1. The third-order valence-corrected chi connectivity index (χ3v) is 5.32. The Bertz CT molecular complexity index is 544. The molecule has 1 saturated carbocycles. The fourth-order valence-corrected chi connectivity index (χ4v) is 3.48. The molecule has 19 heavy (non-hydrogen) atoms. The average molecular weight is 305 g/mol. The summed E-state index contributed by atoms with van der Waals surface area (Å²) >= 11 is 5.88. The van der Waals surface area contributed by atoms with Gasteiger partial charge in [0.1, 0.15) is 4.90 Å². The highest BCUT2D eigenvalue weighted by atomic mass is 35.5. The van der Waals surface area contributed by atoms with Crippen molar-refractivity contribution in [3.8, 4) is 0 Å². The Balaban J connectivity index is 2.01. The zero-order chi connectivity index (χ0) is 13.9. The summed E-state index contributed by atoms with van der Waals surface area (Å²) in [6.45, 7) is 1.07. The van der Waals surface area contributed by atoms with Crippen molar-refractivity contribution >= 4 is 21.6 Å². The molecule has 1 heterocycles. The molecule has 5 nitrogen and oxygen atoms in total. The molecule has 1 aromatic heterocycles. The highest BCUT2D eigenvalue weighted by Crippen LogP contribution is 2.48. The molecule has 0 aliphatic heterocycles. The van der Waals surface area contributed by atoms with E-state index in [1.54, 1.807) is 7.11 Å². The summed E-state index contributed by atoms with van der Waals surface area (Å²) in [6, 6.07) is 1.47. The predicted octanol–water partition coefficient (Wildman–Crippen LogP) is 1.83. The van der Waals surface area contributed by atoms with Crippen molar-refractivity contribution in [1.82, 2.24) is 9.71 Å². The number of ether oxygens (including phenoxy) is 1. The minimum Gasteiger partial charge on any atom is -0.385 e. The SMILES string of the molecule is COCCC1(CNS(=O)(=O)c2cnccc2Cl)CC1. The number of halogens is 1. The van der Waals surface area contributed by atoms with Gasteiger partial charge in [0, 0.05) is 32.7 Å². The molecule has 0 saturated heterocycles.